The zero-order valence-electron chi connectivity index (χ0n) is 11.2. The summed E-state index contributed by atoms with van der Waals surface area (Å²) in [4.78, 5) is 0.101. The highest BCUT2D eigenvalue weighted by Crippen LogP contribution is 2.25. The smallest absolute Gasteiger partial charge is 0.245 e. The molecule has 0 aliphatic carbocycles. The van der Waals surface area contributed by atoms with E-state index in [2.05, 4.69) is 26.0 Å². The van der Waals surface area contributed by atoms with Crippen molar-refractivity contribution in [2.45, 2.75) is 31.3 Å². The summed E-state index contributed by atoms with van der Waals surface area (Å²) < 4.78 is 36.8. The minimum Gasteiger partial charge on any atom is -0.452 e. The topological polar surface area (TPSA) is 80.6 Å². The van der Waals surface area contributed by atoms with E-state index < -0.39 is 10.0 Å². The molecule has 0 saturated carbocycles. The summed E-state index contributed by atoms with van der Waals surface area (Å²) in [5.41, 5.74) is 0. The van der Waals surface area contributed by atoms with Crippen LogP contribution in [0.5, 0.6) is 0 Å². The molecule has 0 aliphatic rings. The molecule has 0 amide bonds. The van der Waals surface area contributed by atoms with Crippen LogP contribution in [0.15, 0.2) is 20.0 Å². The maximum atomic E-state index is 12.0. The SMILES string of the molecule is COCCNS(=O)(=O)c1cc(CNC(C)C)oc1Br. The summed E-state index contributed by atoms with van der Waals surface area (Å²) >= 11 is 3.12. The highest BCUT2D eigenvalue weighted by atomic mass is 79.9. The van der Waals surface area contributed by atoms with Gasteiger partial charge < -0.3 is 14.5 Å². The average Bonchev–Trinajstić information content (AvgIpc) is 2.69. The molecule has 6 nitrogen and oxygen atoms in total. The summed E-state index contributed by atoms with van der Waals surface area (Å²) in [6, 6.07) is 1.80. The van der Waals surface area contributed by atoms with Crippen LogP contribution in [0.2, 0.25) is 0 Å². The van der Waals surface area contributed by atoms with E-state index in [-0.39, 0.29) is 16.1 Å². The van der Waals surface area contributed by atoms with E-state index in [4.69, 9.17) is 9.15 Å². The lowest BCUT2D eigenvalue weighted by Crippen LogP contribution is -2.27. The summed E-state index contributed by atoms with van der Waals surface area (Å²) in [5.74, 6) is 0.563. The largest absolute Gasteiger partial charge is 0.452 e. The van der Waals surface area contributed by atoms with Crippen LogP contribution >= 0.6 is 15.9 Å². The minimum atomic E-state index is -3.58. The summed E-state index contributed by atoms with van der Waals surface area (Å²) in [7, 11) is -2.07. The maximum absolute atomic E-state index is 12.0. The molecule has 0 atom stereocenters. The normalized spacial score (nSPS) is 12.3. The fourth-order valence-electron chi connectivity index (χ4n) is 1.33. The molecular formula is C11H19BrN2O4S. The van der Waals surface area contributed by atoms with Crippen LogP contribution in [-0.4, -0.2) is 34.7 Å². The van der Waals surface area contributed by atoms with Crippen LogP contribution < -0.4 is 10.0 Å². The molecule has 0 radical (unpaired) electrons. The number of hydrogen-bond donors (Lipinski definition) is 2. The van der Waals surface area contributed by atoms with Gasteiger partial charge in [0, 0.05) is 25.8 Å². The van der Waals surface area contributed by atoms with Gasteiger partial charge in [-0.05, 0) is 15.9 Å². The molecule has 0 saturated heterocycles. The van der Waals surface area contributed by atoms with Crippen LogP contribution in [0.25, 0.3) is 0 Å². The Balaban J connectivity index is 2.77. The van der Waals surface area contributed by atoms with Crippen molar-refractivity contribution in [1.82, 2.24) is 10.0 Å². The molecule has 2 N–H and O–H groups in total. The Bertz CT molecular complexity index is 499. The second-order valence-electron chi connectivity index (χ2n) is 4.28. The van der Waals surface area contributed by atoms with Crippen LogP contribution in [-0.2, 0) is 21.3 Å². The van der Waals surface area contributed by atoms with Gasteiger partial charge in [-0.25, -0.2) is 13.1 Å². The first-order chi connectivity index (χ1) is 8.86. The van der Waals surface area contributed by atoms with Crippen LogP contribution in [0, 0.1) is 0 Å². The molecule has 1 aromatic rings. The minimum absolute atomic E-state index is 0.101. The van der Waals surface area contributed by atoms with Gasteiger partial charge in [-0.1, -0.05) is 13.8 Å². The summed E-state index contributed by atoms with van der Waals surface area (Å²) in [6.45, 7) is 5.01. The van der Waals surface area contributed by atoms with Gasteiger partial charge in [-0.3, -0.25) is 0 Å². The third kappa shape index (κ3) is 5.23. The van der Waals surface area contributed by atoms with Crippen molar-refractivity contribution in [1.29, 1.82) is 0 Å². The fraction of sp³-hybridized carbons (Fsp3) is 0.636. The molecule has 0 fully saturated rings. The van der Waals surface area contributed by atoms with Gasteiger partial charge in [0.1, 0.15) is 10.7 Å². The molecule has 8 heteroatoms. The van der Waals surface area contributed by atoms with Gasteiger partial charge in [0.2, 0.25) is 10.0 Å². The molecule has 19 heavy (non-hydrogen) atoms. The maximum Gasteiger partial charge on any atom is 0.245 e. The number of furan rings is 1. The Hall–Kier alpha value is -0.410. The van der Waals surface area contributed by atoms with E-state index >= 15 is 0 Å². The number of halogens is 1. The Morgan fingerprint density at radius 2 is 2.16 bits per heavy atom. The molecule has 110 valence electrons. The van der Waals surface area contributed by atoms with Gasteiger partial charge in [-0.2, -0.15) is 0 Å². The lowest BCUT2D eigenvalue weighted by molar-refractivity contribution is 0.204. The van der Waals surface area contributed by atoms with E-state index in [9.17, 15) is 8.42 Å². The third-order valence-electron chi connectivity index (χ3n) is 2.28. The van der Waals surface area contributed by atoms with E-state index in [0.717, 1.165) is 0 Å². The number of rotatable bonds is 8. The summed E-state index contributed by atoms with van der Waals surface area (Å²) in [6.07, 6.45) is 0. The number of ether oxygens (including phenoxy) is 1. The highest BCUT2D eigenvalue weighted by Gasteiger charge is 2.22. The fourth-order valence-corrected chi connectivity index (χ4v) is 3.34. The number of sulfonamides is 1. The quantitative estimate of drug-likeness (QED) is 0.691. The molecule has 0 unspecified atom stereocenters. The predicted molar refractivity (Wildman–Crippen MR) is 75.4 cm³/mol. The molecule has 1 aromatic heterocycles. The van der Waals surface area contributed by atoms with Crippen molar-refractivity contribution in [2.24, 2.45) is 0 Å². The van der Waals surface area contributed by atoms with Crippen LogP contribution in [0.4, 0.5) is 0 Å². The molecule has 1 heterocycles. The van der Waals surface area contributed by atoms with Gasteiger partial charge in [0.05, 0.1) is 13.2 Å². The lowest BCUT2D eigenvalue weighted by atomic mass is 10.3. The molecule has 0 aromatic carbocycles. The first kappa shape index (κ1) is 16.6. The molecule has 0 aliphatic heterocycles. The second-order valence-corrected chi connectivity index (χ2v) is 6.73. The molecule has 0 spiro atoms. The Morgan fingerprint density at radius 3 is 2.74 bits per heavy atom. The van der Waals surface area contributed by atoms with Crippen molar-refractivity contribution < 1.29 is 17.6 Å². The van der Waals surface area contributed by atoms with Crippen LogP contribution in [0.1, 0.15) is 19.6 Å². The monoisotopic (exact) mass is 354 g/mol. The van der Waals surface area contributed by atoms with Crippen molar-refractivity contribution in [3.8, 4) is 0 Å². The standard InChI is InChI=1S/C11H19BrN2O4S/c1-8(2)13-7-9-6-10(11(12)18-9)19(15,16)14-4-5-17-3/h6,8,13-14H,4-5,7H2,1-3H3. The van der Waals surface area contributed by atoms with Crippen LogP contribution in [0.3, 0.4) is 0 Å². The van der Waals surface area contributed by atoms with Crippen molar-refractivity contribution in [3.05, 3.63) is 16.5 Å². The van der Waals surface area contributed by atoms with Gasteiger partial charge in [0.25, 0.3) is 0 Å². The van der Waals surface area contributed by atoms with Gasteiger partial charge in [0.15, 0.2) is 4.67 Å². The molecule has 0 bridgehead atoms. The Morgan fingerprint density at radius 1 is 1.47 bits per heavy atom. The van der Waals surface area contributed by atoms with E-state index in [1.807, 2.05) is 13.8 Å². The molecular weight excluding hydrogens is 336 g/mol. The van der Waals surface area contributed by atoms with E-state index in [0.29, 0.717) is 25.0 Å². The van der Waals surface area contributed by atoms with Crippen molar-refractivity contribution in [2.75, 3.05) is 20.3 Å². The van der Waals surface area contributed by atoms with Crippen molar-refractivity contribution in [3.63, 3.8) is 0 Å². The first-order valence-electron chi connectivity index (χ1n) is 5.87. The Kier molecular flexibility index (Phi) is 6.48. The third-order valence-corrected chi connectivity index (χ3v) is 4.60. The number of methoxy groups -OCH3 is 1. The van der Waals surface area contributed by atoms with E-state index in [1.165, 1.54) is 13.2 Å². The highest BCUT2D eigenvalue weighted by molar-refractivity contribution is 9.10. The van der Waals surface area contributed by atoms with Gasteiger partial charge in [-0.15, -0.1) is 0 Å². The van der Waals surface area contributed by atoms with E-state index in [1.54, 1.807) is 0 Å². The van der Waals surface area contributed by atoms with Gasteiger partial charge >= 0.3 is 0 Å². The predicted octanol–water partition coefficient (Wildman–Crippen LogP) is 1.46. The summed E-state index contributed by atoms with van der Waals surface area (Å²) in [5, 5.41) is 3.16. The number of hydrogen-bond acceptors (Lipinski definition) is 5. The average molecular weight is 355 g/mol. The zero-order valence-corrected chi connectivity index (χ0v) is 13.6. The first-order valence-corrected chi connectivity index (χ1v) is 8.14. The lowest BCUT2D eigenvalue weighted by Gasteiger charge is -2.04. The van der Waals surface area contributed by atoms with Crippen molar-refractivity contribution >= 4 is 26.0 Å². The Labute approximate surface area is 122 Å². The zero-order chi connectivity index (χ0) is 14.5. The second kappa shape index (κ2) is 7.39. The molecule has 1 rings (SSSR count). The number of nitrogens with one attached hydrogen (secondary N) is 2.